The van der Waals surface area contributed by atoms with Gasteiger partial charge in [0, 0.05) is 19.6 Å². The Morgan fingerprint density at radius 3 is 2.86 bits per heavy atom. The molecule has 0 radical (unpaired) electrons. The van der Waals surface area contributed by atoms with Gasteiger partial charge in [-0.3, -0.25) is 0 Å². The van der Waals surface area contributed by atoms with Crippen LogP contribution in [0.4, 0.5) is 0 Å². The van der Waals surface area contributed by atoms with Gasteiger partial charge in [0.05, 0.1) is 12.2 Å². The molecule has 0 amide bonds. The lowest BCUT2D eigenvalue weighted by molar-refractivity contribution is -0.109. The molecular weight excluding hydrogens is 262 g/mol. The standard InChI is InChI=1S/C18H33NO2/c1-14(2)11-19-12-16-4-3-5-17(16)15-6-8-21-18(10-15)7-9-20-13-18/h14-17,19H,3-13H2,1-2H3. The lowest BCUT2D eigenvalue weighted by Gasteiger charge is -2.41. The predicted octanol–water partition coefficient (Wildman–Crippen LogP) is 3.23. The van der Waals surface area contributed by atoms with Crippen molar-refractivity contribution >= 4 is 0 Å². The second-order valence-electron chi connectivity index (χ2n) is 7.99. The number of nitrogens with one attached hydrogen (secondary N) is 1. The molecule has 0 aromatic rings. The van der Waals surface area contributed by atoms with Crippen LogP contribution in [0.1, 0.15) is 52.4 Å². The Hall–Kier alpha value is -0.120. The summed E-state index contributed by atoms with van der Waals surface area (Å²) in [5, 5.41) is 3.70. The molecule has 122 valence electrons. The lowest BCUT2D eigenvalue weighted by Crippen LogP contribution is -2.43. The Labute approximate surface area is 130 Å². The highest BCUT2D eigenvalue weighted by Crippen LogP contribution is 2.45. The first kappa shape index (κ1) is 15.8. The summed E-state index contributed by atoms with van der Waals surface area (Å²) >= 11 is 0. The fourth-order valence-electron chi connectivity index (χ4n) is 4.79. The van der Waals surface area contributed by atoms with Crippen LogP contribution in [0.3, 0.4) is 0 Å². The van der Waals surface area contributed by atoms with E-state index in [-0.39, 0.29) is 5.60 Å². The predicted molar refractivity (Wildman–Crippen MR) is 85.4 cm³/mol. The highest BCUT2D eigenvalue weighted by Gasteiger charge is 2.45. The second kappa shape index (κ2) is 6.97. The molecular formula is C18H33NO2. The molecule has 2 saturated heterocycles. The minimum Gasteiger partial charge on any atom is -0.378 e. The molecule has 3 aliphatic rings. The van der Waals surface area contributed by atoms with Crippen molar-refractivity contribution < 1.29 is 9.47 Å². The lowest BCUT2D eigenvalue weighted by atomic mass is 9.74. The molecule has 3 nitrogen and oxygen atoms in total. The molecule has 2 heterocycles. The number of hydrogen-bond acceptors (Lipinski definition) is 3. The quantitative estimate of drug-likeness (QED) is 0.844. The molecule has 1 aliphatic carbocycles. The van der Waals surface area contributed by atoms with Crippen molar-refractivity contribution in [3.8, 4) is 0 Å². The van der Waals surface area contributed by atoms with E-state index in [0.29, 0.717) is 0 Å². The van der Waals surface area contributed by atoms with Crippen LogP contribution in [0.15, 0.2) is 0 Å². The van der Waals surface area contributed by atoms with E-state index in [4.69, 9.17) is 9.47 Å². The zero-order chi connectivity index (χ0) is 14.7. The zero-order valence-electron chi connectivity index (χ0n) is 13.9. The SMILES string of the molecule is CC(C)CNCC1CCCC1C1CCOC2(CCOC2)C1. The van der Waals surface area contributed by atoms with Crippen LogP contribution < -0.4 is 5.32 Å². The van der Waals surface area contributed by atoms with Gasteiger partial charge in [-0.2, -0.15) is 0 Å². The van der Waals surface area contributed by atoms with E-state index in [1.807, 2.05) is 0 Å². The van der Waals surface area contributed by atoms with E-state index in [1.165, 1.54) is 38.6 Å². The molecule has 2 aliphatic heterocycles. The van der Waals surface area contributed by atoms with Gasteiger partial charge in [-0.15, -0.1) is 0 Å². The topological polar surface area (TPSA) is 30.5 Å². The van der Waals surface area contributed by atoms with Gasteiger partial charge in [0.1, 0.15) is 0 Å². The first-order valence-electron chi connectivity index (χ1n) is 9.11. The average molecular weight is 295 g/mol. The van der Waals surface area contributed by atoms with Gasteiger partial charge in [0.15, 0.2) is 0 Å². The van der Waals surface area contributed by atoms with Crippen LogP contribution in [0.25, 0.3) is 0 Å². The third kappa shape index (κ3) is 3.80. The molecule has 0 aromatic heterocycles. The van der Waals surface area contributed by atoms with Crippen LogP contribution >= 0.6 is 0 Å². The largest absolute Gasteiger partial charge is 0.378 e. The summed E-state index contributed by atoms with van der Waals surface area (Å²) in [7, 11) is 0. The van der Waals surface area contributed by atoms with Crippen molar-refractivity contribution in [3.63, 3.8) is 0 Å². The van der Waals surface area contributed by atoms with Gasteiger partial charge in [-0.25, -0.2) is 0 Å². The summed E-state index contributed by atoms with van der Waals surface area (Å²) in [6.45, 7) is 9.67. The maximum absolute atomic E-state index is 6.12. The van der Waals surface area contributed by atoms with Gasteiger partial charge in [0.2, 0.25) is 0 Å². The van der Waals surface area contributed by atoms with E-state index >= 15 is 0 Å². The number of ether oxygens (including phenoxy) is 2. The van der Waals surface area contributed by atoms with Crippen LogP contribution in [0, 0.1) is 23.7 Å². The highest BCUT2D eigenvalue weighted by atomic mass is 16.6. The van der Waals surface area contributed by atoms with Gasteiger partial charge in [0.25, 0.3) is 0 Å². The fourth-order valence-corrected chi connectivity index (χ4v) is 4.79. The summed E-state index contributed by atoms with van der Waals surface area (Å²) in [6, 6.07) is 0. The van der Waals surface area contributed by atoms with Gasteiger partial charge in [-0.1, -0.05) is 20.3 Å². The third-order valence-electron chi connectivity index (χ3n) is 5.88. The molecule has 1 spiro atoms. The molecule has 4 atom stereocenters. The van der Waals surface area contributed by atoms with Crippen molar-refractivity contribution in [3.05, 3.63) is 0 Å². The molecule has 3 heteroatoms. The van der Waals surface area contributed by atoms with Crippen LogP contribution in [0.2, 0.25) is 0 Å². The van der Waals surface area contributed by atoms with Crippen molar-refractivity contribution in [2.45, 2.75) is 58.0 Å². The van der Waals surface area contributed by atoms with Crippen molar-refractivity contribution in [1.29, 1.82) is 0 Å². The van der Waals surface area contributed by atoms with E-state index in [9.17, 15) is 0 Å². The molecule has 21 heavy (non-hydrogen) atoms. The summed E-state index contributed by atoms with van der Waals surface area (Å²) < 4.78 is 11.8. The second-order valence-corrected chi connectivity index (χ2v) is 7.99. The van der Waals surface area contributed by atoms with Gasteiger partial charge >= 0.3 is 0 Å². The van der Waals surface area contributed by atoms with Crippen LogP contribution in [-0.2, 0) is 9.47 Å². The Morgan fingerprint density at radius 1 is 1.19 bits per heavy atom. The molecule has 3 rings (SSSR count). The van der Waals surface area contributed by atoms with Crippen LogP contribution in [0.5, 0.6) is 0 Å². The van der Waals surface area contributed by atoms with Crippen LogP contribution in [-0.4, -0.2) is 38.5 Å². The summed E-state index contributed by atoms with van der Waals surface area (Å²) in [6.07, 6.45) is 7.93. The van der Waals surface area contributed by atoms with Crippen molar-refractivity contribution in [1.82, 2.24) is 5.32 Å². The molecule has 3 fully saturated rings. The maximum atomic E-state index is 6.12. The Kier molecular flexibility index (Phi) is 5.23. The van der Waals surface area contributed by atoms with Crippen molar-refractivity contribution in [2.24, 2.45) is 23.7 Å². The minimum absolute atomic E-state index is 0.0847. The number of hydrogen-bond donors (Lipinski definition) is 1. The molecule has 0 aromatic carbocycles. The van der Waals surface area contributed by atoms with Gasteiger partial charge < -0.3 is 14.8 Å². The van der Waals surface area contributed by atoms with E-state index in [2.05, 4.69) is 19.2 Å². The van der Waals surface area contributed by atoms with E-state index < -0.39 is 0 Å². The van der Waals surface area contributed by atoms with Gasteiger partial charge in [-0.05, 0) is 62.4 Å². The van der Waals surface area contributed by atoms with E-state index in [0.717, 1.165) is 56.5 Å². The molecule has 4 unspecified atom stereocenters. The Balaban J connectivity index is 1.54. The van der Waals surface area contributed by atoms with E-state index in [1.54, 1.807) is 0 Å². The molecule has 1 N–H and O–H groups in total. The number of rotatable bonds is 5. The Bertz CT molecular complexity index is 325. The molecule has 0 bridgehead atoms. The maximum Gasteiger partial charge on any atom is 0.0939 e. The summed E-state index contributed by atoms with van der Waals surface area (Å²) in [5.74, 6) is 3.44. The van der Waals surface area contributed by atoms with Crippen molar-refractivity contribution in [2.75, 3.05) is 32.9 Å². The smallest absolute Gasteiger partial charge is 0.0939 e. The zero-order valence-corrected chi connectivity index (χ0v) is 13.9. The Morgan fingerprint density at radius 2 is 2.10 bits per heavy atom. The third-order valence-corrected chi connectivity index (χ3v) is 5.88. The monoisotopic (exact) mass is 295 g/mol. The normalized spacial score (nSPS) is 40.4. The minimum atomic E-state index is 0.0847. The highest BCUT2D eigenvalue weighted by molar-refractivity contribution is 4.94. The first-order valence-corrected chi connectivity index (χ1v) is 9.11. The fraction of sp³-hybridized carbons (Fsp3) is 1.00. The summed E-state index contributed by atoms with van der Waals surface area (Å²) in [5.41, 5.74) is 0.0847. The summed E-state index contributed by atoms with van der Waals surface area (Å²) in [4.78, 5) is 0. The first-order chi connectivity index (χ1) is 10.2. The molecule has 1 saturated carbocycles. The average Bonchev–Trinajstić information content (AvgIpc) is 3.08.